The molecule has 0 heterocycles. The van der Waals surface area contributed by atoms with Gasteiger partial charge in [-0.25, -0.2) is 4.39 Å². The molecule has 0 spiro atoms. The van der Waals surface area contributed by atoms with E-state index in [0.717, 1.165) is 18.4 Å². The molecule has 1 aliphatic carbocycles. The first-order chi connectivity index (χ1) is 9.19. The number of nitrogens with zero attached hydrogens (tertiary/aromatic N) is 1. The summed E-state index contributed by atoms with van der Waals surface area (Å²) in [4.78, 5) is 4.42. The van der Waals surface area contributed by atoms with Crippen LogP contribution in [0, 0.1) is 18.2 Å². The summed E-state index contributed by atoms with van der Waals surface area (Å²) in [6, 6.07) is 5.98. The third-order valence-corrected chi connectivity index (χ3v) is 3.31. The summed E-state index contributed by atoms with van der Waals surface area (Å²) in [5.74, 6) is 2.67. The van der Waals surface area contributed by atoms with Gasteiger partial charge in [0.15, 0.2) is 5.96 Å². The summed E-state index contributed by atoms with van der Waals surface area (Å²) >= 11 is 0. The highest BCUT2D eigenvalue weighted by Gasteiger charge is 2.15. The third kappa shape index (κ3) is 3.72. The van der Waals surface area contributed by atoms with Crippen molar-refractivity contribution in [2.24, 2.45) is 10.7 Å². The van der Waals surface area contributed by atoms with Gasteiger partial charge in [-0.3, -0.25) is 4.99 Å². The number of hydrogen-bond acceptors (Lipinski definition) is 1. The van der Waals surface area contributed by atoms with Gasteiger partial charge in [-0.1, -0.05) is 30.9 Å². The number of halogens is 1. The molecule has 1 aromatic carbocycles. The van der Waals surface area contributed by atoms with E-state index in [-0.39, 0.29) is 11.9 Å². The molecule has 2 rings (SSSR count). The highest BCUT2D eigenvalue weighted by atomic mass is 19.1. The van der Waals surface area contributed by atoms with Crippen LogP contribution in [0.25, 0.3) is 0 Å². The second-order valence-electron chi connectivity index (χ2n) is 4.75. The lowest BCUT2D eigenvalue weighted by molar-refractivity contribution is 0.626. The molecule has 3 nitrogen and oxygen atoms in total. The molecule has 100 valence electrons. The first-order valence-electron chi connectivity index (χ1n) is 6.50. The largest absolute Gasteiger partial charge is 0.370 e. The lowest BCUT2D eigenvalue weighted by Gasteiger charge is -2.15. The van der Waals surface area contributed by atoms with Crippen LogP contribution in [0.15, 0.2) is 29.3 Å². The third-order valence-electron chi connectivity index (χ3n) is 3.31. The highest BCUT2D eigenvalue weighted by Crippen LogP contribution is 2.21. The Labute approximate surface area is 113 Å². The topological polar surface area (TPSA) is 50.4 Å². The van der Waals surface area contributed by atoms with Crippen molar-refractivity contribution < 1.29 is 4.39 Å². The average molecular weight is 259 g/mol. The molecular formula is C15H18FN3. The van der Waals surface area contributed by atoms with Crippen molar-refractivity contribution in [1.29, 1.82) is 0 Å². The predicted octanol–water partition coefficient (Wildman–Crippen LogP) is 2.35. The number of terminal acetylenes is 1. The van der Waals surface area contributed by atoms with Gasteiger partial charge in [0.1, 0.15) is 11.9 Å². The molecule has 3 N–H and O–H groups in total. The molecule has 0 aliphatic heterocycles. The van der Waals surface area contributed by atoms with Crippen molar-refractivity contribution in [1.82, 2.24) is 5.32 Å². The molecule has 1 saturated carbocycles. The maximum absolute atomic E-state index is 12.9. The molecular weight excluding hydrogens is 241 g/mol. The van der Waals surface area contributed by atoms with Crippen LogP contribution in [0.2, 0.25) is 0 Å². The fourth-order valence-corrected chi connectivity index (χ4v) is 2.29. The fraction of sp³-hybridized carbons (Fsp3) is 0.400. The summed E-state index contributed by atoms with van der Waals surface area (Å²) in [6.45, 7) is 0. The van der Waals surface area contributed by atoms with Crippen LogP contribution in [-0.4, -0.2) is 12.0 Å². The van der Waals surface area contributed by atoms with Gasteiger partial charge in [-0.05, 0) is 30.5 Å². The minimum absolute atomic E-state index is 0.285. The van der Waals surface area contributed by atoms with Gasteiger partial charge in [-0.2, -0.15) is 0 Å². The van der Waals surface area contributed by atoms with E-state index in [1.807, 2.05) is 0 Å². The van der Waals surface area contributed by atoms with Gasteiger partial charge in [0, 0.05) is 0 Å². The fourth-order valence-electron chi connectivity index (χ4n) is 2.29. The van der Waals surface area contributed by atoms with Crippen LogP contribution in [0.5, 0.6) is 0 Å². The Hall–Kier alpha value is -2.02. The molecule has 0 saturated heterocycles. The molecule has 1 unspecified atom stereocenters. The van der Waals surface area contributed by atoms with Gasteiger partial charge < -0.3 is 11.1 Å². The second-order valence-corrected chi connectivity index (χ2v) is 4.75. The van der Waals surface area contributed by atoms with E-state index >= 15 is 0 Å². The Morgan fingerprint density at radius 2 is 2.00 bits per heavy atom. The molecule has 0 aromatic heterocycles. The Morgan fingerprint density at radius 1 is 1.37 bits per heavy atom. The normalized spacial score (nSPS) is 18.0. The van der Waals surface area contributed by atoms with Crippen LogP contribution in [0.1, 0.15) is 37.3 Å². The first kappa shape index (κ1) is 13.4. The number of nitrogens with two attached hydrogens (primary N) is 1. The SMILES string of the molecule is C#CC(NC(N)=NC1CCCC1)c1ccc(F)cc1. The average Bonchev–Trinajstić information content (AvgIpc) is 2.90. The quantitative estimate of drug-likeness (QED) is 0.497. The van der Waals surface area contributed by atoms with Crippen molar-refractivity contribution in [2.75, 3.05) is 0 Å². The molecule has 0 radical (unpaired) electrons. The minimum Gasteiger partial charge on any atom is -0.370 e. The number of nitrogens with one attached hydrogen (secondary N) is 1. The van der Waals surface area contributed by atoms with Crippen molar-refractivity contribution >= 4 is 5.96 Å². The zero-order valence-electron chi connectivity index (χ0n) is 10.8. The lowest BCUT2D eigenvalue weighted by atomic mass is 10.1. The number of rotatable bonds is 3. The van der Waals surface area contributed by atoms with Crippen molar-refractivity contribution in [3.05, 3.63) is 35.6 Å². The van der Waals surface area contributed by atoms with Gasteiger partial charge in [0.2, 0.25) is 0 Å². The predicted molar refractivity (Wildman–Crippen MR) is 75.0 cm³/mol. The lowest BCUT2D eigenvalue weighted by Crippen LogP contribution is -2.35. The van der Waals surface area contributed by atoms with E-state index in [2.05, 4.69) is 16.2 Å². The molecule has 4 heteroatoms. The van der Waals surface area contributed by atoms with Gasteiger partial charge >= 0.3 is 0 Å². The summed E-state index contributed by atoms with van der Waals surface area (Å²) < 4.78 is 12.9. The van der Waals surface area contributed by atoms with Crippen LogP contribution in [-0.2, 0) is 0 Å². The second kappa shape index (κ2) is 6.24. The van der Waals surface area contributed by atoms with Gasteiger partial charge in [0.25, 0.3) is 0 Å². The maximum atomic E-state index is 12.9. The van der Waals surface area contributed by atoms with E-state index in [1.54, 1.807) is 12.1 Å². The van der Waals surface area contributed by atoms with Crippen LogP contribution in [0.4, 0.5) is 4.39 Å². The Morgan fingerprint density at radius 3 is 2.58 bits per heavy atom. The number of guanidine groups is 1. The van der Waals surface area contributed by atoms with Crippen LogP contribution in [0.3, 0.4) is 0 Å². The number of benzene rings is 1. The summed E-state index contributed by atoms with van der Waals surface area (Å²) in [5, 5.41) is 3.00. The summed E-state index contributed by atoms with van der Waals surface area (Å²) in [5.41, 5.74) is 6.67. The van der Waals surface area contributed by atoms with E-state index in [9.17, 15) is 4.39 Å². The number of aliphatic imine (C=N–C) groups is 1. The number of hydrogen-bond donors (Lipinski definition) is 2. The molecule has 1 aliphatic rings. The van der Waals surface area contributed by atoms with Crippen molar-refractivity contribution in [3.8, 4) is 12.3 Å². The summed E-state index contributed by atoms with van der Waals surface area (Å²) in [7, 11) is 0. The van der Waals surface area contributed by atoms with Crippen LogP contribution < -0.4 is 11.1 Å². The molecule has 0 bridgehead atoms. The summed E-state index contributed by atoms with van der Waals surface area (Å²) in [6.07, 6.45) is 10.1. The van der Waals surface area contributed by atoms with Crippen molar-refractivity contribution in [2.45, 2.75) is 37.8 Å². The smallest absolute Gasteiger partial charge is 0.190 e. The standard InChI is InChI=1S/C15H18FN3/c1-2-14(11-7-9-12(16)10-8-11)19-15(17)18-13-5-3-4-6-13/h1,7-10,13-14H,3-6H2,(H3,17,18,19). The Balaban J connectivity index is 2.02. The van der Waals surface area contributed by atoms with Gasteiger partial charge in [-0.15, -0.1) is 6.42 Å². The maximum Gasteiger partial charge on any atom is 0.190 e. The molecule has 19 heavy (non-hydrogen) atoms. The molecule has 0 amide bonds. The first-order valence-corrected chi connectivity index (χ1v) is 6.50. The zero-order chi connectivity index (χ0) is 13.7. The Kier molecular flexibility index (Phi) is 4.40. The van der Waals surface area contributed by atoms with Gasteiger partial charge in [0.05, 0.1) is 6.04 Å². The molecule has 1 fully saturated rings. The zero-order valence-corrected chi connectivity index (χ0v) is 10.8. The minimum atomic E-state index is -0.384. The monoisotopic (exact) mass is 259 g/mol. The van der Waals surface area contributed by atoms with Crippen molar-refractivity contribution in [3.63, 3.8) is 0 Å². The molecule has 1 atom stereocenters. The van der Waals surface area contributed by atoms with E-state index in [0.29, 0.717) is 12.0 Å². The highest BCUT2D eigenvalue weighted by molar-refractivity contribution is 5.79. The van der Waals surface area contributed by atoms with E-state index < -0.39 is 0 Å². The van der Waals surface area contributed by atoms with E-state index in [4.69, 9.17) is 12.2 Å². The Bertz CT molecular complexity index is 481. The van der Waals surface area contributed by atoms with E-state index in [1.165, 1.54) is 25.0 Å². The van der Waals surface area contributed by atoms with Crippen LogP contribution >= 0.6 is 0 Å². The molecule has 1 aromatic rings.